The minimum absolute atomic E-state index is 0.772. The summed E-state index contributed by atoms with van der Waals surface area (Å²) in [6, 6.07) is 6.16. The van der Waals surface area contributed by atoms with Crippen molar-refractivity contribution in [3.8, 4) is 0 Å². The third-order valence-corrected chi connectivity index (χ3v) is 2.71. The van der Waals surface area contributed by atoms with Gasteiger partial charge >= 0.3 is 10.4 Å². The normalized spacial score (nSPS) is 10.7. The zero-order valence-electron chi connectivity index (χ0n) is 12.6. The van der Waals surface area contributed by atoms with Gasteiger partial charge in [-0.2, -0.15) is 8.42 Å². The van der Waals surface area contributed by atoms with Gasteiger partial charge in [0.15, 0.2) is 0 Å². The number of ether oxygens (including phenoxy) is 1. The van der Waals surface area contributed by atoms with Gasteiger partial charge in [-0.05, 0) is 44.5 Å². The Hall–Kier alpha value is -1.35. The third-order valence-electron chi connectivity index (χ3n) is 2.71. The Balaban J connectivity index is 0.000000690. The number of nitrogens with zero attached hydrogens (tertiary/aromatic N) is 1. The Labute approximate surface area is 126 Å². The first-order valence-corrected chi connectivity index (χ1v) is 7.97. The highest BCUT2D eigenvalue weighted by Gasteiger charge is 2.05. The van der Waals surface area contributed by atoms with E-state index in [-0.39, 0.29) is 0 Å². The molecule has 0 saturated heterocycles. The van der Waals surface area contributed by atoms with Crippen molar-refractivity contribution < 1.29 is 22.3 Å². The number of likely N-dealkylation sites (N-methyl/N-ethyl adjacent to an activating group) is 1. The summed E-state index contributed by atoms with van der Waals surface area (Å²) < 4.78 is 37.0. The zero-order chi connectivity index (χ0) is 16.5. The molecule has 0 aliphatic carbocycles. The lowest BCUT2D eigenvalue weighted by atomic mass is 10.1. The molecule has 1 aromatic rings. The first kappa shape index (κ1) is 19.7. The van der Waals surface area contributed by atoms with Crippen molar-refractivity contribution in [1.29, 1.82) is 0 Å². The largest absolute Gasteiger partial charge is 0.399 e. The van der Waals surface area contributed by atoms with Gasteiger partial charge in [-0.1, -0.05) is 0 Å². The number of nitrogens with two attached hydrogens (primary N) is 1. The lowest BCUT2D eigenvalue weighted by Gasteiger charge is -2.23. The van der Waals surface area contributed by atoms with Crippen molar-refractivity contribution in [3.63, 3.8) is 0 Å². The first-order valence-electron chi connectivity index (χ1n) is 6.57. The number of hydrogen-bond acceptors (Lipinski definition) is 5. The molecule has 0 aliphatic rings. The van der Waals surface area contributed by atoms with Gasteiger partial charge in [0.25, 0.3) is 0 Å². The molecule has 0 heterocycles. The first-order chi connectivity index (χ1) is 9.69. The van der Waals surface area contributed by atoms with Gasteiger partial charge < -0.3 is 15.4 Å². The van der Waals surface area contributed by atoms with Crippen LogP contribution in [0.2, 0.25) is 0 Å². The summed E-state index contributed by atoms with van der Waals surface area (Å²) in [5.74, 6) is 0. The van der Waals surface area contributed by atoms with Crippen LogP contribution in [0, 0.1) is 6.92 Å². The second-order valence-corrected chi connectivity index (χ2v) is 5.16. The van der Waals surface area contributed by atoms with Crippen LogP contribution in [0.15, 0.2) is 18.2 Å². The second-order valence-electron chi connectivity index (χ2n) is 4.27. The molecular weight excluding hydrogens is 296 g/mol. The SMILES string of the molecule is CCOCCN(CC)c1ccc(N)c(C)c1.O=S(=O)(O)O. The Kier molecular flexibility index (Phi) is 8.95. The van der Waals surface area contributed by atoms with Gasteiger partial charge in [-0.3, -0.25) is 9.11 Å². The maximum Gasteiger partial charge on any atom is 0.394 e. The van der Waals surface area contributed by atoms with Gasteiger partial charge in [0, 0.05) is 31.1 Å². The van der Waals surface area contributed by atoms with E-state index < -0.39 is 10.4 Å². The van der Waals surface area contributed by atoms with Crippen molar-refractivity contribution in [2.45, 2.75) is 20.8 Å². The lowest BCUT2D eigenvalue weighted by Crippen LogP contribution is -2.27. The topological polar surface area (TPSA) is 113 Å². The van der Waals surface area contributed by atoms with Gasteiger partial charge in [0.05, 0.1) is 6.61 Å². The van der Waals surface area contributed by atoms with E-state index >= 15 is 0 Å². The highest BCUT2D eigenvalue weighted by molar-refractivity contribution is 7.79. The third kappa shape index (κ3) is 10.1. The molecule has 0 amide bonds. The van der Waals surface area contributed by atoms with E-state index in [1.165, 1.54) is 5.69 Å². The Bertz CT molecular complexity index is 511. The monoisotopic (exact) mass is 320 g/mol. The second kappa shape index (κ2) is 9.56. The van der Waals surface area contributed by atoms with Crippen molar-refractivity contribution >= 4 is 21.8 Å². The van der Waals surface area contributed by atoms with Crippen molar-refractivity contribution in [1.82, 2.24) is 0 Å². The zero-order valence-corrected chi connectivity index (χ0v) is 13.4. The number of nitrogen functional groups attached to an aromatic ring is 1. The minimum Gasteiger partial charge on any atom is -0.399 e. The van der Waals surface area contributed by atoms with E-state index in [9.17, 15) is 0 Å². The summed E-state index contributed by atoms with van der Waals surface area (Å²) in [5.41, 5.74) is 9.01. The maximum absolute atomic E-state index is 8.74. The minimum atomic E-state index is -4.67. The van der Waals surface area contributed by atoms with E-state index in [0.717, 1.165) is 37.6 Å². The molecule has 0 aliphatic heterocycles. The number of rotatable bonds is 6. The number of hydrogen-bond donors (Lipinski definition) is 3. The Morgan fingerprint density at radius 2 is 1.86 bits per heavy atom. The highest BCUT2D eigenvalue weighted by atomic mass is 32.3. The molecule has 0 radical (unpaired) electrons. The smallest absolute Gasteiger partial charge is 0.394 e. The molecule has 122 valence electrons. The van der Waals surface area contributed by atoms with Crippen LogP contribution in [0.25, 0.3) is 0 Å². The molecule has 0 saturated carbocycles. The van der Waals surface area contributed by atoms with Crippen LogP contribution < -0.4 is 10.6 Å². The summed E-state index contributed by atoms with van der Waals surface area (Å²) in [5, 5.41) is 0. The van der Waals surface area contributed by atoms with Gasteiger partial charge in [-0.25, -0.2) is 0 Å². The highest BCUT2D eigenvalue weighted by Crippen LogP contribution is 2.20. The average Bonchev–Trinajstić information content (AvgIpc) is 2.36. The predicted octanol–water partition coefficient (Wildman–Crippen LogP) is 1.79. The molecule has 0 bridgehead atoms. The molecule has 0 fully saturated rings. The molecule has 4 N–H and O–H groups in total. The fourth-order valence-corrected chi connectivity index (χ4v) is 1.65. The molecular formula is C13H24N2O5S. The van der Waals surface area contributed by atoms with E-state index in [2.05, 4.69) is 24.0 Å². The summed E-state index contributed by atoms with van der Waals surface area (Å²) >= 11 is 0. The van der Waals surface area contributed by atoms with Crippen LogP contribution in [-0.4, -0.2) is 43.8 Å². The summed E-state index contributed by atoms with van der Waals surface area (Å²) in [6.45, 7) is 9.66. The van der Waals surface area contributed by atoms with Crippen LogP contribution in [0.4, 0.5) is 11.4 Å². The Morgan fingerprint density at radius 1 is 1.29 bits per heavy atom. The number of benzene rings is 1. The van der Waals surface area contributed by atoms with E-state index in [1.54, 1.807) is 0 Å². The van der Waals surface area contributed by atoms with E-state index in [1.807, 2.05) is 19.9 Å². The summed E-state index contributed by atoms with van der Waals surface area (Å²) in [4.78, 5) is 2.29. The van der Waals surface area contributed by atoms with Crippen LogP contribution >= 0.6 is 0 Å². The molecule has 0 aromatic heterocycles. The van der Waals surface area contributed by atoms with Gasteiger partial charge in [0.2, 0.25) is 0 Å². The molecule has 0 spiro atoms. The van der Waals surface area contributed by atoms with Crippen LogP contribution in [0.3, 0.4) is 0 Å². The molecule has 7 nitrogen and oxygen atoms in total. The lowest BCUT2D eigenvalue weighted by molar-refractivity contribution is 0.154. The fraction of sp³-hybridized carbons (Fsp3) is 0.538. The quantitative estimate of drug-likeness (QED) is 0.416. The summed E-state index contributed by atoms with van der Waals surface area (Å²) in [6.07, 6.45) is 0. The average molecular weight is 320 g/mol. The van der Waals surface area contributed by atoms with Crippen molar-refractivity contribution in [3.05, 3.63) is 23.8 Å². The van der Waals surface area contributed by atoms with Crippen molar-refractivity contribution in [2.24, 2.45) is 0 Å². The van der Waals surface area contributed by atoms with Crippen LogP contribution in [-0.2, 0) is 15.1 Å². The molecule has 0 atom stereocenters. The van der Waals surface area contributed by atoms with Crippen LogP contribution in [0.5, 0.6) is 0 Å². The van der Waals surface area contributed by atoms with E-state index in [0.29, 0.717) is 0 Å². The van der Waals surface area contributed by atoms with Crippen molar-refractivity contribution in [2.75, 3.05) is 36.9 Å². The van der Waals surface area contributed by atoms with E-state index in [4.69, 9.17) is 28.0 Å². The molecule has 1 rings (SSSR count). The molecule has 8 heteroatoms. The number of aryl methyl sites for hydroxylation is 1. The molecule has 21 heavy (non-hydrogen) atoms. The number of anilines is 2. The maximum atomic E-state index is 8.74. The summed E-state index contributed by atoms with van der Waals surface area (Å²) in [7, 11) is -4.67. The van der Waals surface area contributed by atoms with Gasteiger partial charge in [-0.15, -0.1) is 0 Å². The van der Waals surface area contributed by atoms with Gasteiger partial charge in [0.1, 0.15) is 0 Å². The molecule has 0 unspecified atom stereocenters. The Morgan fingerprint density at radius 3 is 2.29 bits per heavy atom. The fourth-order valence-electron chi connectivity index (χ4n) is 1.65. The molecule has 1 aromatic carbocycles. The predicted molar refractivity (Wildman–Crippen MR) is 84.1 cm³/mol. The van der Waals surface area contributed by atoms with Crippen LogP contribution in [0.1, 0.15) is 19.4 Å². The standard InChI is InChI=1S/C13H22N2O.H2O4S/c1-4-15(8-9-16-5-2)12-6-7-13(14)11(3)10-12;1-5(2,3)4/h6-7,10H,4-5,8-9,14H2,1-3H3;(H2,1,2,3,4).